The van der Waals surface area contributed by atoms with Crippen LogP contribution in [0, 0.1) is 0 Å². The van der Waals surface area contributed by atoms with Gasteiger partial charge in [0.15, 0.2) is 17.5 Å². The van der Waals surface area contributed by atoms with E-state index in [1.807, 2.05) is 18.2 Å². The first-order valence-electron chi connectivity index (χ1n) is 26.7. The molecule has 0 N–H and O–H groups in total. The van der Waals surface area contributed by atoms with Crippen molar-refractivity contribution in [1.29, 1.82) is 0 Å². The van der Waals surface area contributed by atoms with E-state index < -0.39 is 0 Å². The largest absolute Gasteiger partial charge is 0.308 e. The van der Waals surface area contributed by atoms with Gasteiger partial charge < -0.3 is 4.57 Å². The predicted molar refractivity (Wildman–Crippen MR) is 323 cm³/mol. The number of fused-ring (bicyclic) bond motifs is 3. The van der Waals surface area contributed by atoms with Crippen LogP contribution in [0.4, 0.5) is 0 Å². The van der Waals surface area contributed by atoms with Gasteiger partial charge in [-0.05, 0) is 116 Å². The number of benzene rings is 10. The Kier molecular flexibility index (Phi) is 12.2. The lowest BCUT2D eigenvalue weighted by Crippen LogP contribution is -2.14. The van der Waals surface area contributed by atoms with Crippen LogP contribution in [-0.2, 0) is 5.41 Å². The summed E-state index contributed by atoms with van der Waals surface area (Å²) in [6, 6.07) is 87.9. The molecule has 0 fully saturated rings. The van der Waals surface area contributed by atoms with Crippen LogP contribution < -0.4 is 0 Å². The SMILES string of the molecule is CC(C)(C)c1cc(-c2ccccc2)cc2c3cc(-c4ccccc4)ccc3n(-c3c(-c4ccc(-c5ccccc5)cc4)cc(-c4nc(C5=CCCC=C5)nc(-c5ccccc5)n4)cc3-c3ccc(-c4ccccc4)cc3)c12. The van der Waals surface area contributed by atoms with E-state index in [2.05, 4.69) is 268 Å². The van der Waals surface area contributed by atoms with Gasteiger partial charge in [0, 0.05) is 38.6 Å². The highest BCUT2D eigenvalue weighted by molar-refractivity contribution is 6.14. The topological polar surface area (TPSA) is 43.6 Å². The molecule has 0 atom stereocenters. The van der Waals surface area contributed by atoms with Gasteiger partial charge in [-0.2, -0.15) is 0 Å². The zero-order valence-electron chi connectivity index (χ0n) is 43.5. The van der Waals surface area contributed by atoms with Gasteiger partial charge in [-0.3, -0.25) is 0 Å². The van der Waals surface area contributed by atoms with E-state index in [0.29, 0.717) is 17.5 Å². The summed E-state index contributed by atoms with van der Waals surface area (Å²) in [4.78, 5) is 15.9. The second-order valence-corrected chi connectivity index (χ2v) is 21.1. The Labute approximate surface area is 451 Å². The molecule has 12 aromatic rings. The van der Waals surface area contributed by atoms with Crippen LogP contribution in [0.3, 0.4) is 0 Å². The van der Waals surface area contributed by atoms with Gasteiger partial charge in [0.2, 0.25) is 0 Å². The molecule has 4 heteroatoms. The van der Waals surface area contributed by atoms with Gasteiger partial charge in [0.05, 0.1) is 16.7 Å². The highest BCUT2D eigenvalue weighted by atomic mass is 15.0. The van der Waals surface area contributed by atoms with Crippen molar-refractivity contribution in [2.75, 3.05) is 0 Å². The molecule has 2 aromatic heterocycles. The van der Waals surface area contributed by atoms with Crippen molar-refractivity contribution in [2.24, 2.45) is 0 Å². The average molecular weight is 989 g/mol. The Morgan fingerprint density at radius 2 is 0.766 bits per heavy atom. The number of allylic oxidation sites excluding steroid dienone is 4. The maximum Gasteiger partial charge on any atom is 0.164 e. The number of hydrogen-bond acceptors (Lipinski definition) is 3. The lowest BCUT2D eigenvalue weighted by molar-refractivity contribution is 0.594. The molecule has 0 aliphatic heterocycles. The molecular formula is C73H56N4. The van der Waals surface area contributed by atoms with Crippen LogP contribution in [0.1, 0.15) is 45.0 Å². The van der Waals surface area contributed by atoms with Crippen molar-refractivity contribution in [3.05, 3.63) is 272 Å². The molecule has 0 amide bonds. The van der Waals surface area contributed by atoms with Crippen molar-refractivity contribution in [3.63, 3.8) is 0 Å². The van der Waals surface area contributed by atoms with Crippen molar-refractivity contribution in [1.82, 2.24) is 19.5 Å². The molecule has 1 aliphatic carbocycles. The van der Waals surface area contributed by atoms with Gasteiger partial charge in [0.25, 0.3) is 0 Å². The van der Waals surface area contributed by atoms with Crippen LogP contribution in [0.2, 0.25) is 0 Å². The van der Waals surface area contributed by atoms with Gasteiger partial charge in [0.1, 0.15) is 0 Å². The normalized spacial score (nSPS) is 12.5. The Morgan fingerprint density at radius 3 is 1.26 bits per heavy atom. The zero-order chi connectivity index (χ0) is 51.9. The number of rotatable bonds is 10. The maximum absolute atomic E-state index is 5.40. The average Bonchev–Trinajstić information content (AvgIpc) is 4.02. The molecular weight excluding hydrogens is 933 g/mol. The summed E-state index contributed by atoms with van der Waals surface area (Å²) in [7, 11) is 0. The van der Waals surface area contributed by atoms with E-state index in [0.717, 1.165) is 74.1 Å². The second-order valence-electron chi connectivity index (χ2n) is 21.1. The summed E-state index contributed by atoms with van der Waals surface area (Å²) in [5.74, 6) is 1.91. The fourth-order valence-electron chi connectivity index (χ4n) is 11.1. The van der Waals surface area contributed by atoms with E-state index in [-0.39, 0.29) is 5.41 Å². The lowest BCUT2D eigenvalue weighted by atomic mass is 9.83. The van der Waals surface area contributed by atoms with E-state index >= 15 is 0 Å². The van der Waals surface area contributed by atoms with E-state index in [4.69, 9.17) is 15.0 Å². The molecule has 1 aliphatic rings. The fraction of sp³-hybridized carbons (Fsp3) is 0.0822. The molecule has 77 heavy (non-hydrogen) atoms. The Hall–Kier alpha value is -9.51. The predicted octanol–water partition coefficient (Wildman–Crippen LogP) is 19.3. The molecule has 2 heterocycles. The Morgan fingerprint density at radius 1 is 0.351 bits per heavy atom. The summed E-state index contributed by atoms with van der Waals surface area (Å²) in [6.45, 7) is 7.05. The minimum absolute atomic E-state index is 0.260. The molecule has 10 aromatic carbocycles. The van der Waals surface area contributed by atoms with Crippen molar-refractivity contribution in [2.45, 2.75) is 39.0 Å². The van der Waals surface area contributed by atoms with Gasteiger partial charge in [-0.15, -0.1) is 0 Å². The fourth-order valence-corrected chi connectivity index (χ4v) is 11.1. The number of aromatic nitrogens is 4. The van der Waals surface area contributed by atoms with Crippen LogP contribution in [0.15, 0.2) is 261 Å². The van der Waals surface area contributed by atoms with Gasteiger partial charge in [-0.25, -0.2) is 15.0 Å². The summed E-state index contributed by atoms with van der Waals surface area (Å²) in [6.07, 6.45) is 8.55. The minimum Gasteiger partial charge on any atom is -0.308 e. The first kappa shape index (κ1) is 47.2. The lowest BCUT2D eigenvalue weighted by Gasteiger charge is -2.26. The molecule has 0 saturated heterocycles. The van der Waals surface area contributed by atoms with Crippen LogP contribution in [-0.4, -0.2) is 19.5 Å². The van der Waals surface area contributed by atoms with Gasteiger partial charge in [-0.1, -0.05) is 245 Å². The third-order valence-electron chi connectivity index (χ3n) is 15.0. The molecule has 368 valence electrons. The Balaban J connectivity index is 1.17. The standard InChI is InChI=1S/C73H56N4/c1-73(2,3)66-48-60(52-28-16-7-17-29-52)45-65-64-44-59(51-26-14-6-15-27-51)42-43-67(64)77(69(65)66)68-62(55-38-34-53(35-39-55)49-22-10-4-11-23-49)46-61(47-63(68)56-40-36-54(37-41-56)50-24-12-5-13-25-50)72-75-70(57-30-18-8-19-31-57)74-71(76-72)58-32-20-9-21-33-58/h4-8,10-20,22-48H,9,21H2,1-3H3. The van der Waals surface area contributed by atoms with Crippen molar-refractivity contribution >= 4 is 27.4 Å². The van der Waals surface area contributed by atoms with Crippen molar-refractivity contribution in [3.8, 4) is 95.2 Å². The van der Waals surface area contributed by atoms with E-state index in [1.54, 1.807) is 0 Å². The second kappa shape index (κ2) is 20.0. The van der Waals surface area contributed by atoms with Crippen molar-refractivity contribution < 1.29 is 0 Å². The number of hydrogen-bond donors (Lipinski definition) is 0. The molecule has 4 nitrogen and oxygen atoms in total. The van der Waals surface area contributed by atoms with Crippen LogP contribution >= 0.6 is 0 Å². The smallest absolute Gasteiger partial charge is 0.164 e. The first-order chi connectivity index (χ1) is 37.8. The van der Waals surface area contributed by atoms with E-state index in [9.17, 15) is 0 Å². The molecule has 0 unspecified atom stereocenters. The quantitative estimate of drug-likeness (QED) is 0.137. The molecule has 13 rings (SSSR count). The monoisotopic (exact) mass is 988 g/mol. The zero-order valence-corrected chi connectivity index (χ0v) is 43.5. The minimum atomic E-state index is -0.260. The molecule has 0 saturated carbocycles. The maximum atomic E-state index is 5.40. The van der Waals surface area contributed by atoms with Gasteiger partial charge >= 0.3 is 0 Å². The van der Waals surface area contributed by atoms with Crippen LogP contribution in [0.25, 0.3) is 123 Å². The Bertz CT molecular complexity index is 4070. The summed E-state index contributed by atoms with van der Waals surface area (Å²) in [5.41, 5.74) is 20.9. The third-order valence-corrected chi connectivity index (χ3v) is 15.0. The first-order valence-corrected chi connectivity index (χ1v) is 26.7. The summed E-state index contributed by atoms with van der Waals surface area (Å²) in [5, 5.41) is 2.39. The van der Waals surface area contributed by atoms with E-state index in [1.165, 1.54) is 55.2 Å². The molecule has 0 spiro atoms. The highest BCUT2D eigenvalue weighted by Gasteiger charge is 2.29. The van der Waals surface area contributed by atoms with Crippen LogP contribution in [0.5, 0.6) is 0 Å². The third kappa shape index (κ3) is 9.19. The summed E-state index contributed by atoms with van der Waals surface area (Å²) >= 11 is 0. The number of nitrogens with zero attached hydrogens (tertiary/aromatic N) is 4. The summed E-state index contributed by atoms with van der Waals surface area (Å²) < 4.78 is 2.59. The molecule has 0 radical (unpaired) electrons. The molecule has 0 bridgehead atoms. The highest BCUT2D eigenvalue weighted by Crippen LogP contribution is 2.48.